The highest BCUT2D eigenvalue weighted by Gasteiger charge is 2.34. The lowest BCUT2D eigenvalue weighted by Crippen LogP contribution is -2.40. The second-order valence-corrected chi connectivity index (χ2v) is 18.6. The number of benzene rings is 3. The Morgan fingerprint density at radius 3 is 1.73 bits per heavy atom. The molecule has 14 nitrogen and oxygen atoms in total. The zero-order valence-electron chi connectivity index (χ0n) is 29.8. The number of sulfonamides is 2. The van der Waals surface area contributed by atoms with Crippen LogP contribution in [0.15, 0.2) is 99.7 Å². The van der Waals surface area contributed by atoms with Crippen molar-refractivity contribution in [1.82, 2.24) is 9.97 Å². The van der Waals surface area contributed by atoms with E-state index in [9.17, 15) is 30.8 Å². The van der Waals surface area contributed by atoms with Gasteiger partial charge < -0.3 is 19.8 Å². The van der Waals surface area contributed by atoms with Gasteiger partial charge in [0, 0.05) is 72.9 Å². The standard InChI is InChI=1S/C23H23FN4O3S2.C14H15N3O4S2/c24-18-3-8-21-16(14-18)2-1-11-28(21)22(29)17-9-12-27(15-17)19-4-6-20(7-5-19)33(30,31)26-23-25-10-13-32-23;18-13(19)10-5-7-17(9-10)11-1-3-12(4-2-11)23(20,21)16-14-15-6-8-22-14/h3-8,10,13-14,17H,1-2,9,11-12,15H2,(H,25,26);1-4,6,8,10H,5,7,9H2,(H,15,16)(H,18,19). The van der Waals surface area contributed by atoms with Crippen molar-refractivity contribution in [2.75, 3.05) is 56.9 Å². The van der Waals surface area contributed by atoms with Crippen molar-refractivity contribution >= 4 is 81.9 Å². The number of anilines is 5. The number of carboxylic acid groups (broad SMARTS) is 1. The van der Waals surface area contributed by atoms with Crippen LogP contribution in [0.4, 0.5) is 31.7 Å². The molecule has 0 radical (unpaired) electrons. The van der Waals surface area contributed by atoms with Gasteiger partial charge in [0.15, 0.2) is 10.3 Å². The third-order valence-electron chi connectivity index (χ3n) is 9.83. The Labute approximate surface area is 331 Å². The topological polar surface area (TPSA) is 182 Å². The Kier molecular flexibility index (Phi) is 11.6. The molecular formula is C37H38FN7O7S4. The van der Waals surface area contributed by atoms with Gasteiger partial charge in [-0.05, 0) is 98.0 Å². The largest absolute Gasteiger partial charge is 0.481 e. The average molecular weight is 840 g/mol. The van der Waals surface area contributed by atoms with Crippen LogP contribution in [0.1, 0.15) is 24.8 Å². The highest BCUT2D eigenvalue weighted by molar-refractivity contribution is 7.93. The number of carboxylic acids is 1. The average Bonchev–Trinajstić information content (AvgIpc) is 4.03. The van der Waals surface area contributed by atoms with Crippen LogP contribution in [0, 0.1) is 17.7 Å². The van der Waals surface area contributed by atoms with Crippen molar-refractivity contribution in [2.45, 2.75) is 35.5 Å². The summed E-state index contributed by atoms with van der Waals surface area (Å²) in [5.41, 5.74) is 3.39. The molecule has 3 aliphatic rings. The number of thiazole rings is 2. The number of hydrogen-bond acceptors (Lipinski definition) is 12. The summed E-state index contributed by atoms with van der Waals surface area (Å²) in [7, 11) is -7.36. The van der Waals surface area contributed by atoms with Crippen molar-refractivity contribution < 1.29 is 35.9 Å². The smallest absolute Gasteiger partial charge is 0.308 e. The summed E-state index contributed by atoms with van der Waals surface area (Å²) in [6.45, 7) is 3.02. The van der Waals surface area contributed by atoms with E-state index in [1.54, 1.807) is 58.1 Å². The minimum Gasteiger partial charge on any atom is -0.481 e. The molecule has 1 amide bonds. The summed E-state index contributed by atoms with van der Waals surface area (Å²) in [6.07, 6.45) is 5.98. The predicted molar refractivity (Wildman–Crippen MR) is 214 cm³/mol. The summed E-state index contributed by atoms with van der Waals surface area (Å²) >= 11 is 2.42. The molecule has 0 bridgehead atoms. The number of aliphatic carboxylic acids is 1. The number of rotatable bonds is 10. The van der Waals surface area contributed by atoms with Gasteiger partial charge in [-0.15, -0.1) is 22.7 Å². The first-order valence-electron chi connectivity index (χ1n) is 17.7. The number of nitrogens with zero attached hydrogens (tertiary/aromatic N) is 5. The molecule has 19 heteroatoms. The number of fused-ring (bicyclic) bond motifs is 1. The Morgan fingerprint density at radius 2 is 1.25 bits per heavy atom. The second-order valence-electron chi connectivity index (χ2n) is 13.4. The minimum absolute atomic E-state index is 0.0666. The van der Waals surface area contributed by atoms with E-state index in [2.05, 4.69) is 24.3 Å². The van der Waals surface area contributed by atoms with Gasteiger partial charge in [-0.2, -0.15) is 0 Å². The summed E-state index contributed by atoms with van der Waals surface area (Å²) in [5, 5.41) is 13.1. The van der Waals surface area contributed by atoms with Gasteiger partial charge in [-0.25, -0.2) is 31.2 Å². The molecule has 2 saturated heterocycles. The lowest BCUT2D eigenvalue weighted by Gasteiger charge is -2.31. The first-order valence-corrected chi connectivity index (χ1v) is 22.5. The fourth-order valence-electron chi connectivity index (χ4n) is 6.98. The van der Waals surface area contributed by atoms with E-state index in [0.29, 0.717) is 49.4 Å². The van der Waals surface area contributed by atoms with Crippen LogP contribution in [0.25, 0.3) is 0 Å². The SMILES string of the molecule is O=C(C1CCN(c2ccc(S(=O)(=O)Nc3nccs3)cc2)C1)N1CCCc2cc(F)ccc21.O=C(O)C1CCN(c2ccc(S(=O)(=O)Nc3nccs3)cc2)C1. The van der Waals surface area contributed by atoms with Gasteiger partial charge in [-0.3, -0.25) is 19.0 Å². The predicted octanol–water partition coefficient (Wildman–Crippen LogP) is 5.74. The van der Waals surface area contributed by atoms with Gasteiger partial charge in [0.1, 0.15) is 5.82 Å². The number of aromatic nitrogens is 2. The maximum absolute atomic E-state index is 13.6. The molecule has 56 heavy (non-hydrogen) atoms. The van der Waals surface area contributed by atoms with Crippen LogP contribution >= 0.6 is 22.7 Å². The number of carbonyl (C=O) groups is 2. The van der Waals surface area contributed by atoms with Crippen molar-refractivity contribution in [3.63, 3.8) is 0 Å². The van der Waals surface area contributed by atoms with Gasteiger partial charge in [0.2, 0.25) is 5.91 Å². The molecule has 0 saturated carbocycles. The molecule has 3 N–H and O–H groups in total. The molecule has 3 aromatic carbocycles. The molecule has 2 atom stereocenters. The van der Waals surface area contributed by atoms with E-state index in [-0.39, 0.29) is 33.4 Å². The molecule has 5 aromatic rings. The van der Waals surface area contributed by atoms with Crippen LogP contribution in [0.2, 0.25) is 0 Å². The fraction of sp³-hybridized carbons (Fsp3) is 0.297. The molecule has 2 unspecified atom stereocenters. The highest BCUT2D eigenvalue weighted by Crippen LogP contribution is 2.33. The Bertz CT molecular complexity index is 2380. The number of halogens is 1. The van der Waals surface area contributed by atoms with E-state index >= 15 is 0 Å². The molecule has 0 aliphatic carbocycles. The van der Waals surface area contributed by atoms with Gasteiger partial charge in [-0.1, -0.05) is 0 Å². The Balaban J connectivity index is 0.000000183. The summed E-state index contributed by atoms with van der Waals surface area (Å²) in [6, 6.07) is 17.7. The van der Waals surface area contributed by atoms with Crippen LogP contribution < -0.4 is 24.1 Å². The van der Waals surface area contributed by atoms with Crippen LogP contribution in [0.3, 0.4) is 0 Å². The molecule has 2 fully saturated rings. The molecule has 0 spiro atoms. The Hall–Kier alpha value is -5.11. The van der Waals surface area contributed by atoms with E-state index in [4.69, 9.17) is 5.11 Å². The maximum atomic E-state index is 13.6. The van der Waals surface area contributed by atoms with Gasteiger partial charge in [0.05, 0.1) is 21.6 Å². The number of amides is 1. The monoisotopic (exact) mass is 839 g/mol. The quantitative estimate of drug-likeness (QED) is 0.156. The number of aryl methyl sites for hydroxylation is 1. The Morgan fingerprint density at radius 1 is 0.732 bits per heavy atom. The second kappa shape index (κ2) is 16.5. The molecule has 2 aromatic heterocycles. The molecule has 5 heterocycles. The summed E-state index contributed by atoms with van der Waals surface area (Å²) in [4.78, 5) is 38.3. The number of carbonyl (C=O) groups excluding carboxylic acids is 1. The molecule has 8 rings (SSSR count). The molecule has 294 valence electrons. The third-order valence-corrected chi connectivity index (χ3v) is 14.2. The van der Waals surface area contributed by atoms with Crippen LogP contribution in [0.5, 0.6) is 0 Å². The maximum Gasteiger partial charge on any atom is 0.308 e. The normalized spacial score (nSPS) is 18.2. The summed E-state index contributed by atoms with van der Waals surface area (Å²) in [5.74, 6) is -1.53. The van der Waals surface area contributed by atoms with Gasteiger partial charge in [0.25, 0.3) is 20.0 Å². The lowest BCUT2D eigenvalue weighted by atomic mass is 9.99. The third kappa shape index (κ3) is 8.96. The van der Waals surface area contributed by atoms with Crippen molar-refractivity contribution in [2.24, 2.45) is 11.8 Å². The van der Waals surface area contributed by atoms with E-state index in [1.165, 1.54) is 59.3 Å². The van der Waals surface area contributed by atoms with E-state index < -0.39 is 26.0 Å². The van der Waals surface area contributed by atoms with Crippen LogP contribution in [-0.4, -0.2) is 76.5 Å². The zero-order chi connectivity index (χ0) is 39.5. The van der Waals surface area contributed by atoms with Gasteiger partial charge >= 0.3 is 5.97 Å². The first kappa shape index (κ1) is 39.1. The van der Waals surface area contributed by atoms with Crippen LogP contribution in [-0.2, 0) is 36.1 Å². The number of nitrogens with one attached hydrogen (secondary N) is 2. The fourth-order valence-corrected chi connectivity index (χ4v) is 10.6. The van der Waals surface area contributed by atoms with E-state index in [0.717, 1.165) is 41.9 Å². The number of hydrogen-bond donors (Lipinski definition) is 3. The lowest BCUT2D eigenvalue weighted by molar-refractivity contribution is -0.140. The summed E-state index contributed by atoms with van der Waals surface area (Å²) < 4.78 is 68.0. The van der Waals surface area contributed by atoms with Crippen molar-refractivity contribution in [3.8, 4) is 0 Å². The van der Waals surface area contributed by atoms with E-state index in [1.807, 2.05) is 4.90 Å². The van der Waals surface area contributed by atoms with Crippen molar-refractivity contribution in [3.05, 3.63) is 101 Å². The first-order chi connectivity index (χ1) is 26.9. The minimum atomic E-state index is -3.70. The van der Waals surface area contributed by atoms with Crippen molar-refractivity contribution in [1.29, 1.82) is 0 Å². The highest BCUT2D eigenvalue weighted by atomic mass is 32.2. The molecular weight excluding hydrogens is 802 g/mol. The zero-order valence-corrected chi connectivity index (χ0v) is 33.1. The molecule has 3 aliphatic heterocycles.